The zero-order valence-corrected chi connectivity index (χ0v) is 11.0. The highest BCUT2D eigenvalue weighted by molar-refractivity contribution is 14.1. The molecule has 0 spiro atoms. The van der Waals surface area contributed by atoms with Crippen molar-refractivity contribution in [3.8, 4) is 5.75 Å². The minimum atomic E-state index is 0.714. The van der Waals surface area contributed by atoms with E-state index in [1.807, 2.05) is 12.1 Å². The maximum Gasteiger partial charge on any atom is 0.133 e. The van der Waals surface area contributed by atoms with Gasteiger partial charge in [-0.15, -0.1) is 12.6 Å². The minimum absolute atomic E-state index is 0.714. The van der Waals surface area contributed by atoms with E-state index in [-0.39, 0.29) is 0 Å². The Kier molecular flexibility index (Phi) is 4.69. The number of thiol groups is 1. The Labute approximate surface area is 102 Å². The first-order chi connectivity index (χ1) is 6.16. The molecule has 0 saturated heterocycles. The Morgan fingerprint density at radius 3 is 2.85 bits per heavy atom. The molecule has 1 rings (SSSR count). The fourth-order valence-corrected chi connectivity index (χ4v) is 1.78. The molecule has 0 amide bonds. The summed E-state index contributed by atoms with van der Waals surface area (Å²) in [6.45, 7) is 2.78. The standard InChI is InChI=1S/C9H10ClIOS/c1-2-5-12-7-4-3-6(10)8(11)9(7)13/h3-4,13H,2,5H2,1H3. The molecule has 0 unspecified atom stereocenters. The van der Waals surface area contributed by atoms with Crippen molar-refractivity contribution in [3.63, 3.8) is 0 Å². The summed E-state index contributed by atoms with van der Waals surface area (Å²) in [5.41, 5.74) is 0. The molecule has 1 aromatic carbocycles. The second kappa shape index (κ2) is 5.32. The van der Waals surface area contributed by atoms with Crippen molar-refractivity contribution in [2.75, 3.05) is 6.61 Å². The van der Waals surface area contributed by atoms with Gasteiger partial charge in [-0.2, -0.15) is 0 Å². The van der Waals surface area contributed by atoms with Crippen molar-refractivity contribution in [2.24, 2.45) is 0 Å². The first-order valence-corrected chi connectivity index (χ1v) is 5.87. The van der Waals surface area contributed by atoms with Gasteiger partial charge in [0.05, 0.1) is 16.5 Å². The summed E-state index contributed by atoms with van der Waals surface area (Å²) >= 11 is 12.4. The Balaban J connectivity index is 2.90. The average molecular weight is 329 g/mol. The van der Waals surface area contributed by atoms with Crippen LogP contribution in [0, 0.1) is 3.57 Å². The number of halogens is 2. The monoisotopic (exact) mass is 328 g/mol. The summed E-state index contributed by atoms with van der Waals surface area (Å²) < 4.78 is 6.42. The lowest BCUT2D eigenvalue weighted by Gasteiger charge is -2.09. The van der Waals surface area contributed by atoms with E-state index in [0.29, 0.717) is 6.61 Å². The molecule has 0 radical (unpaired) electrons. The minimum Gasteiger partial charge on any atom is -0.492 e. The van der Waals surface area contributed by atoms with Crippen LogP contribution in [0.3, 0.4) is 0 Å². The molecule has 4 heteroatoms. The Bertz CT molecular complexity index is 304. The molecule has 0 bridgehead atoms. The topological polar surface area (TPSA) is 9.23 Å². The normalized spacial score (nSPS) is 10.2. The van der Waals surface area contributed by atoms with Crippen molar-refractivity contribution in [1.82, 2.24) is 0 Å². The molecule has 0 aliphatic heterocycles. The number of rotatable bonds is 3. The molecule has 0 aliphatic carbocycles. The highest BCUT2D eigenvalue weighted by Crippen LogP contribution is 2.32. The fraction of sp³-hybridized carbons (Fsp3) is 0.333. The summed E-state index contributed by atoms with van der Waals surface area (Å²) in [6.07, 6.45) is 0.992. The average Bonchev–Trinajstić information content (AvgIpc) is 2.13. The highest BCUT2D eigenvalue weighted by atomic mass is 127. The van der Waals surface area contributed by atoms with Gasteiger partial charge in [0.15, 0.2) is 0 Å². The third kappa shape index (κ3) is 2.92. The quantitative estimate of drug-likeness (QED) is 0.651. The van der Waals surface area contributed by atoms with Crippen LogP contribution < -0.4 is 4.74 Å². The molecule has 0 heterocycles. The third-order valence-corrected chi connectivity index (χ3v) is 4.12. The molecular weight excluding hydrogens is 319 g/mol. The maximum atomic E-state index is 5.91. The SMILES string of the molecule is CCCOc1ccc(Cl)c(I)c1S. The van der Waals surface area contributed by atoms with Crippen molar-refractivity contribution in [1.29, 1.82) is 0 Å². The molecule has 0 fully saturated rings. The third-order valence-electron chi connectivity index (χ3n) is 1.49. The number of hydrogen-bond acceptors (Lipinski definition) is 2. The van der Waals surface area contributed by atoms with E-state index in [1.165, 1.54) is 0 Å². The predicted octanol–water partition coefficient (Wildman–Crippen LogP) is 4.02. The van der Waals surface area contributed by atoms with Crippen LogP contribution >= 0.6 is 46.8 Å². The van der Waals surface area contributed by atoms with E-state index in [2.05, 4.69) is 42.1 Å². The van der Waals surface area contributed by atoms with Gasteiger partial charge in [0, 0.05) is 3.57 Å². The van der Waals surface area contributed by atoms with Crippen molar-refractivity contribution >= 4 is 46.8 Å². The van der Waals surface area contributed by atoms with Gasteiger partial charge in [-0.3, -0.25) is 0 Å². The molecule has 0 N–H and O–H groups in total. The van der Waals surface area contributed by atoms with Gasteiger partial charge in [-0.25, -0.2) is 0 Å². The number of benzene rings is 1. The van der Waals surface area contributed by atoms with Crippen LogP contribution in [-0.4, -0.2) is 6.61 Å². The van der Waals surface area contributed by atoms with Crippen LogP contribution in [0.1, 0.15) is 13.3 Å². The van der Waals surface area contributed by atoms with Crippen LogP contribution in [0.2, 0.25) is 5.02 Å². The van der Waals surface area contributed by atoms with Crippen LogP contribution in [0.25, 0.3) is 0 Å². The smallest absolute Gasteiger partial charge is 0.133 e. The van der Waals surface area contributed by atoms with Crippen molar-refractivity contribution < 1.29 is 4.74 Å². The summed E-state index contributed by atoms with van der Waals surface area (Å²) in [7, 11) is 0. The van der Waals surface area contributed by atoms with Crippen LogP contribution in [0.4, 0.5) is 0 Å². The second-order valence-electron chi connectivity index (χ2n) is 2.56. The lowest BCUT2D eigenvalue weighted by molar-refractivity contribution is 0.310. The summed E-state index contributed by atoms with van der Waals surface area (Å²) in [5.74, 6) is 0.805. The number of ether oxygens (including phenoxy) is 1. The van der Waals surface area contributed by atoms with E-state index in [1.54, 1.807) is 0 Å². The molecule has 13 heavy (non-hydrogen) atoms. The van der Waals surface area contributed by atoms with Crippen molar-refractivity contribution in [2.45, 2.75) is 18.2 Å². The van der Waals surface area contributed by atoms with Crippen molar-refractivity contribution in [3.05, 3.63) is 20.7 Å². The lowest BCUT2D eigenvalue weighted by Crippen LogP contribution is -1.96. The van der Waals surface area contributed by atoms with E-state index < -0.39 is 0 Å². The van der Waals surface area contributed by atoms with Gasteiger partial charge in [-0.1, -0.05) is 18.5 Å². The number of hydrogen-bond donors (Lipinski definition) is 1. The van der Waals surface area contributed by atoms with Gasteiger partial charge < -0.3 is 4.74 Å². The zero-order chi connectivity index (χ0) is 9.84. The summed E-state index contributed by atoms with van der Waals surface area (Å²) in [6, 6.07) is 3.68. The Morgan fingerprint density at radius 2 is 2.23 bits per heavy atom. The molecule has 1 nitrogen and oxygen atoms in total. The Hall–Kier alpha value is 0.390. The van der Waals surface area contributed by atoms with Gasteiger partial charge in [0.1, 0.15) is 5.75 Å². The molecular formula is C9H10ClIOS. The predicted molar refractivity (Wildman–Crippen MR) is 67.2 cm³/mol. The van der Waals surface area contributed by atoms with Crippen LogP contribution in [0.5, 0.6) is 5.75 Å². The van der Waals surface area contributed by atoms with Gasteiger partial charge in [0.2, 0.25) is 0 Å². The first kappa shape index (κ1) is 11.5. The molecule has 0 aromatic heterocycles. The Morgan fingerprint density at radius 1 is 1.54 bits per heavy atom. The van der Waals surface area contributed by atoms with Gasteiger partial charge in [-0.05, 0) is 41.1 Å². The van der Waals surface area contributed by atoms with Gasteiger partial charge >= 0.3 is 0 Å². The molecule has 1 aromatic rings. The molecule has 0 aliphatic rings. The fourth-order valence-electron chi connectivity index (χ4n) is 0.851. The van der Waals surface area contributed by atoms with E-state index in [9.17, 15) is 0 Å². The van der Waals surface area contributed by atoms with Crippen LogP contribution in [0.15, 0.2) is 17.0 Å². The molecule has 0 saturated carbocycles. The lowest BCUT2D eigenvalue weighted by atomic mass is 10.3. The zero-order valence-electron chi connectivity index (χ0n) is 7.18. The first-order valence-electron chi connectivity index (χ1n) is 3.96. The summed E-state index contributed by atoms with van der Waals surface area (Å²) in [5, 5.41) is 0.717. The summed E-state index contributed by atoms with van der Waals surface area (Å²) in [4.78, 5) is 0.821. The van der Waals surface area contributed by atoms with E-state index in [0.717, 1.165) is 25.7 Å². The largest absolute Gasteiger partial charge is 0.492 e. The van der Waals surface area contributed by atoms with E-state index >= 15 is 0 Å². The van der Waals surface area contributed by atoms with Crippen LogP contribution in [-0.2, 0) is 0 Å². The highest BCUT2D eigenvalue weighted by Gasteiger charge is 2.07. The van der Waals surface area contributed by atoms with E-state index in [4.69, 9.17) is 16.3 Å². The maximum absolute atomic E-state index is 5.91. The van der Waals surface area contributed by atoms with Gasteiger partial charge in [0.25, 0.3) is 0 Å². The molecule has 72 valence electrons. The second-order valence-corrected chi connectivity index (χ2v) is 4.49. The molecule has 0 atom stereocenters.